The number of fused-ring (bicyclic) bond motifs is 1. The van der Waals surface area contributed by atoms with Crippen LogP contribution in [0.5, 0.6) is 5.75 Å². The van der Waals surface area contributed by atoms with Crippen LogP contribution in [0.1, 0.15) is 46.7 Å². The molecule has 0 aliphatic carbocycles. The molecule has 4 rings (SSSR count). The number of aromatic nitrogens is 1. The molecule has 0 saturated heterocycles. The molecule has 1 atom stereocenters. The standard InChI is InChI=1S/C26H25N3O4/c1-17(2)15-22(29-24(31)19-10-3-4-11-20(19)25(29)32)26(33)28(16-18-9-7-8-14-27-18)21-12-5-6-13-23(21)30/h3-14,17,22,30H,15-16H2,1-2H3. The van der Waals surface area contributed by atoms with Crippen LogP contribution in [0.25, 0.3) is 0 Å². The van der Waals surface area contributed by atoms with Gasteiger partial charge in [-0.1, -0.05) is 44.2 Å². The molecule has 1 aromatic heterocycles. The minimum absolute atomic E-state index is 0.0318. The van der Waals surface area contributed by atoms with Crippen LogP contribution in [0, 0.1) is 5.92 Å². The van der Waals surface area contributed by atoms with E-state index in [4.69, 9.17) is 0 Å². The van der Waals surface area contributed by atoms with Gasteiger partial charge in [-0.3, -0.25) is 24.3 Å². The molecule has 33 heavy (non-hydrogen) atoms. The molecule has 3 aromatic rings. The van der Waals surface area contributed by atoms with Crippen molar-refractivity contribution in [1.82, 2.24) is 9.88 Å². The SMILES string of the molecule is CC(C)CC(C(=O)N(Cc1ccccn1)c1ccccc1O)N1C(=O)c2ccccc2C1=O. The predicted octanol–water partition coefficient (Wildman–Crippen LogP) is 4.03. The molecule has 1 aliphatic heterocycles. The Bertz CT molecular complexity index is 1160. The Kier molecular flexibility index (Phi) is 6.22. The number of para-hydroxylation sites is 2. The van der Waals surface area contributed by atoms with Gasteiger partial charge in [0.25, 0.3) is 17.7 Å². The fourth-order valence-electron chi connectivity index (χ4n) is 4.06. The smallest absolute Gasteiger partial charge is 0.262 e. The molecular weight excluding hydrogens is 418 g/mol. The highest BCUT2D eigenvalue weighted by Crippen LogP contribution is 2.32. The van der Waals surface area contributed by atoms with Crippen LogP contribution in [-0.4, -0.2) is 38.8 Å². The number of hydrogen-bond donors (Lipinski definition) is 1. The maximum atomic E-state index is 14.0. The highest BCUT2D eigenvalue weighted by Gasteiger charge is 2.44. The van der Waals surface area contributed by atoms with Crippen LogP contribution < -0.4 is 4.90 Å². The highest BCUT2D eigenvalue weighted by atomic mass is 16.3. The summed E-state index contributed by atoms with van der Waals surface area (Å²) in [7, 11) is 0. The van der Waals surface area contributed by atoms with E-state index in [1.165, 1.54) is 11.0 Å². The average molecular weight is 444 g/mol. The zero-order valence-electron chi connectivity index (χ0n) is 18.5. The Morgan fingerprint density at radius 1 is 0.939 bits per heavy atom. The summed E-state index contributed by atoms with van der Waals surface area (Å²) in [6.07, 6.45) is 1.91. The van der Waals surface area contributed by atoms with Crippen LogP contribution in [0.2, 0.25) is 0 Å². The Morgan fingerprint density at radius 3 is 2.12 bits per heavy atom. The zero-order valence-corrected chi connectivity index (χ0v) is 18.5. The molecule has 2 aromatic carbocycles. The number of amides is 3. The first-order chi connectivity index (χ1) is 15.9. The van der Waals surface area contributed by atoms with Crippen LogP contribution in [0.3, 0.4) is 0 Å². The van der Waals surface area contributed by atoms with Gasteiger partial charge >= 0.3 is 0 Å². The molecule has 7 heteroatoms. The molecule has 1 aliphatic rings. The second-order valence-electron chi connectivity index (χ2n) is 8.41. The van der Waals surface area contributed by atoms with Crippen molar-refractivity contribution in [3.05, 3.63) is 89.7 Å². The number of hydrogen-bond acceptors (Lipinski definition) is 5. The fraction of sp³-hybridized carbons (Fsp3) is 0.231. The maximum Gasteiger partial charge on any atom is 0.262 e. The third kappa shape index (κ3) is 4.35. The number of phenols is 1. The lowest BCUT2D eigenvalue weighted by Crippen LogP contribution is -2.51. The zero-order chi connectivity index (χ0) is 23.5. The second kappa shape index (κ2) is 9.24. The molecule has 168 valence electrons. The monoisotopic (exact) mass is 443 g/mol. The van der Waals surface area contributed by atoms with E-state index < -0.39 is 23.8 Å². The van der Waals surface area contributed by atoms with Crippen molar-refractivity contribution in [3.63, 3.8) is 0 Å². The Balaban J connectivity index is 1.77. The molecule has 1 N–H and O–H groups in total. The van der Waals surface area contributed by atoms with E-state index in [1.54, 1.807) is 60.8 Å². The van der Waals surface area contributed by atoms with Gasteiger partial charge in [-0.15, -0.1) is 0 Å². The quantitative estimate of drug-likeness (QED) is 0.557. The summed E-state index contributed by atoms with van der Waals surface area (Å²) < 4.78 is 0. The largest absolute Gasteiger partial charge is 0.506 e. The Morgan fingerprint density at radius 2 is 1.55 bits per heavy atom. The van der Waals surface area contributed by atoms with Crippen molar-refractivity contribution in [2.75, 3.05) is 4.90 Å². The summed E-state index contributed by atoms with van der Waals surface area (Å²) in [5.74, 6) is -1.46. The predicted molar refractivity (Wildman–Crippen MR) is 124 cm³/mol. The topological polar surface area (TPSA) is 90.8 Å². The fourth-order valence-corrected chi connectivity index (χ4v) is 4.06. The first-order valence-corrected chi connectivity index (χ1v) is 10.8. The average Bonchev–Trinajstić information content (AvgIpc) is 3.07. The van der Waals surface area contributed by atoms with E-state index in [0.29, 0.717) is 22.5 Å². The van der Waals surface area contributed by atoms with Crippen LogP contribution in [-0.2, 0) is 11.3 Å². The van der Waals surface area contributed by atoms with Crippen LogP contribution in [0.4, 0.5) is 5.69 Å². The molecule has 0 bridgehead atoms. The number of carbonyl (C=O) groups is 3. The Labute approximate surface area is 192 Å². The van der Waals surface area contributed by atoms with E-state index in [9.17, 15) is 19.5 Å². The summed E-state index contributed by atoms with van der Waals surface area (Å²) in [5.41, 5.74) is 1.49. The van der Waals surface area contributed by atoms with E-state index in [2.05, 4.69) is 4.98 Å². The summed E-state index contributed by atoms with van der Waals surface area (Å²) in [5, 5.41) is 10.5. The lowest BCUT2D eigenvalue weighted by molar-refractivity contribution is -0.123. The molecule has 1 unspecified atom stereocenters. The van der Waals surface area contributed by atoms with Gasteiger partial charge in [-0.05, 0) is 48.7 Å². The number of carbonyl (C=O) groups excluding carboxylic acids is 3. The van der Waals surface area contributed by atoms with E-state index in [0.717, 1.165) is 4.90 Å². The molecule has 0 spiro atoms. The number of benzene rings is 2. The molecule has 3 amide bonds. The lowest BCUT2D eigenvalue weighted by Gasteiger charge is -2.32. The summed E-state index contributed by atoms with van der Waals surface area (Å²) in [6.45, 7) is 3.94. The van der Waals surface area contributed by atoms with Gasteiger partial charge in [0.15, 0.2) is 0 Å². The van der Waals surface area contributed by atoms with Gasteiger partial charge in [0, 0.05) is 6.20 Å². The number of phenolic OH excluding ortho intramolecular Hbond substituents is 1. The van der Waals surface area contributed by atoms with Gasteiger partial charge in [-0.2, -0.15) is 0 Å². The van der Waals surface area contributed by atoms with Gasteiger partial charge in [0.1, 0.15) is 11.8 Å². The molecule has 7 nitrogen and oxygen atoms in total. The Hall–Kier alpha value is -4.00. The minimum atomic E-state index is -1.03. The third-order valence-electron chi connectivity index (χ3n) is 5.60. The number of nitrogens with zero attached hydrogens (tertiary/aromatic N) is 3. The van der Waals surface area contributed by atoms with Crippen molar-refractivity contribution >= 4 is 23.4 Å². The van der Waals surface area contributed by atoms with Gasteiger partial charge < -0.3 is 10.0 Å². The normalized spacial score (nSPS) is 13.8. The summed E-state index contributed by atoms with van der Waals surface area (Å²) >= 11 is 0. The lowest BCUT2D eigenvalue weighted by atomic mass is 10.0. The van der Waals surface area contributed by atoms with Gasteiger partial charge in [0.2, 0.25) is 0 Å². The van der Waals surface area contributed by atoms with Crippen molar-refractivity contribution < 1.29 is 19.5 Å². The van der Waals surface area contributed by atoms with E-state index >= 15 is 0 Å². The van der Waals surface area contributed by atoms with Crippen molar-refractivity contribution in [2.45, 2.75) is 32.9 Å². The first kappa shape index (κ1) is 22.2. The van der Waals surface area contributed by atoms with Crippen LogP contribution in [0.15, 0.2) is 72.9 Å². The van der Waals surface area contributed by atoms with Crippen LogP contribution >= 0.6 is 0 Å². The molecule has 2 heterocycles. The van der Waals surface area contributed by atoms with Crippen molar-refractivity contribution in [3.8, 4) is 5.75 Å². The molecule has 0 fully saturated rings. The number of rotatable bonds is 7. The third-order valence-corrected chi connectivity index (χ3v) is 5.60. The van der Waals surface area contributed by atoms with E-state index in [-0.39, 0.29) is 24.6 Å². The number of anilines is 1. The minimum Gasteiger partial charge on any atom is -0.506 e. The van der Waals surface area contributed by atoms with Gasteiger partial charge in [-0.25, -0.2) is 0 Å². The summed E-state index contributed by atoms with van der Waals surface area (Å²) in [6, 6.07) is 17.4. The van der Waals surface area contributed by atoms with E-state index in [1.807, 2.05) is 19.9 Å². The summed E-state index contributed by atoms with van der Waals surface area (Å²) in [4.78, 5) is 47.2. The molecular formula is C26H25N3O4. The van der Waals surface area contributed by atoms with Crippen molar-refractivity contribution in [1.29, 1.82) is 0 Å². The van der Waals surface area contributed by atoms with Crippen molar-refractivity contribution in [2.24, 2.45) is 5.92 Å². The number of imide groups is 1. The molecule has 0 radical (unpaired) electrons. The number of pyridine rings is 1. The van der Waals surface area contributed by atoms with Gasteiger partial charge in [0.05, 0.1) is 29.1 Å². The first-order valence-electron chi connectivity index (χ1n) is 10.8. The maximum absolute atomic E-state index is 14.0. The second-order valence-corrected chi connectivity index (χ2v) is 8.41. The number of aromatic hydroxyl groups is 1. The highest BCUT2D eigenvalue weighted by molar-refractivity contribution is 6.23. The molecule has 0 saturated carbocycles.